The van der Waals surface area contributed by atoms with Gasteiger partial charge in [-0.1, -0.05) is 56.9 Å². The highest BCUT2D eigenvalue weighted by Gasteiger charge is 2.03. The van der Waals surface area contributed by atoms with E-state index in [1.807, 2.05) is 24.3 Å². The van der Waals surface area contributed by atoms with Gasteiger partial charge in [0, 0.05) is 12.2 Å². The van der Waals surface area contributed by atoms with E-state index in [2.05, 4.69) is 13.8 Å². The molecule has 0 heterocycles. The predicted octanol–water partition coefficient (Wildman–Crippen LogP) is 5.20. The van der Waals surface area contributed by atoms with Gasteiger partial charge in [-0.3, -0.25) is 4.79 Å². The molecule has 2 nitrogen and oxygen atoms in total. The summed E-state index contributed by atoms with van der Waals surface area (Å²) in [6, 6.07) is 7.92. The molecular formula is C19H30O2. The van der Waals surface area contributed by atoms with Gasteiger partial charge < -0.3 is 4.74 Å². The van der Waals surface area contributed by atoms with Crippen LogP contribution in [0.2, 0.25) is 0 Å². The van der Waals surface area contributed by atoms with Crippen molar-refractivity contribution in [2.24, 2.45) is 0 Å². The highest BCUT2D eigenvalue weighted by Crippen LogP contribution is 2.10. The summed E-state index contributed by atoms with van der Waals surface area (Å²) in [7, 11) is 0. The second kappa shape index (κ2) is 10.6. The van der Waals surface area contributed by atoms with Crippen LogP contribution in [-0.4, -0.2) is 18.5 Å². The molecule has 1 rings (SSSR count). The van der Waals surface area contributed by atoms with Crippen molar-refractivity contribution in [2.75, 3.05) is 6.61 Å². The largest absolute Gasteiger partial charge is 0.378 e. The van der Waals surface area contributed by atoms with Crippen LogP contribution in [0.1, 0.15) is 75.2 Å². The summed E-state index contributed by atoms with van der Waals surface area (Å²) >= 11 is 0. The number of ketones is 1. The van der Waals surface area contributed by atoms with Crippen LogP contribution in [0.4, 0.5) is 0 Å². The van der Waals surface area contributed by atoms with Gasteiger partial charge in [-0.25, -0.2) is 0 Å². The molecule has 0 N–H and O–H groups in total. The fourth-order valence-electron chi connectivity index (χ4n) is 2.41. The number of hydrogen-bond acceptors (Lipinski definition) is 2. The van der Waals surface area contributed by atoms with Gasteiger partial charge in [0.25, 0.3) is 0 Å². The van der Waals surface area contributed by atoms with Crippen molar-refractivity contribution in [3.05, 3.63) is 35.4 Å². The van der Waals surface area contributed by atoms with Crippen LogP contribution < -0.4 is 0 Å². The number of carbonyl (C=O) groups excluding carboxylic acids is 1. The molecule has 0 aliphatic heterocycles. The molecule has 1 atom stereocenters. The third-order valence-electron chi connectivity index (χ3n) is 3.84. The Kier molecular flexibility index (Phi) is 9.00. The van der Waals surface area contributed by atoms with E-state index < -0.39 is 0 Å². The van der Waals surface area contributed by atoms with Gasteiger partial charge in [-0.15, -0.1) is 0 Å². The van der Waals surface area contributed by atoms with E-state index in [-0.39, 0.29) is 5.78 Å². The van der Waals surface area contributed by atoms with E-state index in [0.29, 0.717) is 6.10 Å². The molecule has 0 saturated carbocycles. The summed E-state index contributed by atoms with van der Waals surface area (Å²) in [5.41, 5.74) is 2.06. The standard InChI is InChI=1S/C19H30O2/c1-4-5-6-7-9-16(2)21-15-8-10-18-11-13-19(14-12-18)17(3)20/h11-14,16H,4-10,15H2,1-3H3. The van der Waals surface area contributed by atoms with Gasteiger partial charge in [0.15, 0.2) is 5.78 Å². The Balaban J connectivity index is 2.11. The lowest BCUT2D eigenvalue weighted by atomic mass is 10.1. The van der Waals surface area contributed by atoms with Crippen molar-refractivity contribution in [3.63, 3.8) is 0 Å². The summed E-state index contributed by atoms with van der Waals surface area (Å²) in [6.07, 6.45) is 8.84. The van der Waals surface area contributed by atoms with E-state index in [1.54, 1.807) is 6.92 Å². The first-order chi connectivity index (χ1) is 10.1. The fraction of sp³-hybridized carbons (Fsp3) is 0.632. The lowest BCUT2D eigenvalue weighted by molar-refractivity contribution is 0.0570. The zero-order chi connectivity index (χ0) is 15.5. The molecule has 0 fully saturated rings. The molecule has 0 bridgehead atoms. The molecule has 21 heavy (non-hydrogen) atoms. The predicted molar refractivity (Wildman–Crippen MR) is 88.9 cm³/mol. The van der Waals surface area contributed by atoms with Gasteiger partial charge >= 0.3 is 0 Å². The van der Waals surface area contributed by atoms with Crippen molar-refractivity contribution < 1.29 is 9.53 Å². The number of carbonyl (C=O) groups is 1. The molecule has 0 aromatic heterocycles. The number of hydrogen-bond donors (Lipinski definition) is 0. The summed E-state index contributed by atoms with van der Waals surface area (Å²) < 4.78 is 5.85. The third kappa shape index (κ3) is 8.01. The van der Waals surface area contributed by atoms with Crippen LogP contribution in [-0.2, 0) is 11.2 Å². The van der Waals surface area contributed by atoms with E-state index in [4.69, 9.17) is 4.74 Å². The summed E-state index contributed by atoms with van der Waals surface area (Å²) in [5, 5.41) is 0. The lowest BCUT2D eigenvalue weighted by Crippen LogP contribution is -2.09. The fourth-order valence-corrected chi connectivity index (χ4v) is 2.41. The maximum absolute atomic E-state index is 11.2. The molecule has 0 aliphatic carbocycles. The topological polar surface area (TPSA) is 26.3 Å². The minimum Gasteiger partial charge on any atom is -0.378 e. The maximum Gasteiger partial charge on any atom is 0.159 e. The minimum absolute atomic E-state index is 0.127. The Morgan fingerprint density at radius 1 is 1.10 bits per heavy atom. The SMILES string of the molecule is CCCCCCC(C)OCCCc1ccc(C(C)=O)cc1. The Morgan fingerprint density at radius 3 is 2.43 bits per heavy atom. The van der Waals surface area contributed by atoms with E-state index >= 15 is 0 Å². The minimum atomic E-state index is 0.127. The average Bonchev–Trinajstić information content (AvgIpc) is 2.48. The number of ether oxygens (including phenoxy) is 1. The van der Waals surface area contributed by atoms with Crippen molar-refractivity contribution in [1.29, 1.82) is 0 Å². The Hall–Kier alpha value is -1.15. The van der Waals surface area contributed by atoms with Gasteiger partial charge in [-0.2, -0.15) is 0 Å². The van der Waals surface area contributed by atoms with Gasteiger partial charge in [-0.05, 0) is 38.7 Å². The van der Waals surface area contributed by atoms with E-state index in [0.717, 1.165) is 25.0 Å². The Morgan fingerprint density at radius 2 is 1.81 bits per heavy atom. The molecule has 0 saturated heterocycles. The van der Waals surface area contributed by atoms with Crippen LogP contribution in [0.3, 0.4) is 0 Å². The second-order valence-corrected chi connectivity index (χ2v) is 5.89. The molecular weight excluding hydrogens is 260 g/mol. The first-order valence-corrected chi connectivity index (χ1v) is 8.35. The Bertz CT molecular complexity index is 395. The molecule has 0 spiro atoms. The number of rotatable bonds is 11. The highest BCUT2D eigenvalue weighted by molar-refractivity contribution is 5.93. The molecule has 0 radical (unpaired) electrons. The monoisotopic (exact) mass is 290 g/mol. The quantitative estimate of drug-likeness (QED) is 0.414. The molecule has 1 aromatic rings. The van der Waals surface area contributed by atoms with Crippen LogP contribution in [0, 0.1) is 0 Å². The van der Waals surface area contributed by atoms with Crippen molar-refractivity contribution in [2.45, 2.75) is 71.8 Å². The lowest BCUT2D eigenvalue weighted by Gasteiger charge is -2.12. The summed E-state index contributed by atoms with van der Waals surface area (Å²) in [5.74, 6) is 0.127. The molecule has 1 unspecified atom stereocenters. The summed E-state index contributed by atoms with van der Waals surface area (Å²) in [6.45, 7) is 6.84. The first kappa shape index (κ1) is 17.9. The average molecular weight is 290 g/mol. The highest BCUT2D eigenvalue weighted by atomic mass is 16.5. The molecule has 2 heteroatoms. The summed E-state index contributed by atoms with van der Waals surface area (Å²) in [4.78, 5) is 11.2. The van der Waals surface area contributed by atoms with Crippen LogP contribution in [0.15, 0.2) is 24.3 Å². The second-order valence-electron chi connectivity index (χ2n) is 5.89. The number of benzene rings is 1. The van der Waals surface area contributed by atoms with Crippen molar-refractivity contribution >= 4 is 5.78 Å². The molecule has 1 aromatic carbocycles. The zero-order valence-electron chi connectivity index (χ0n) is 13.9. The number of unbranched alkanes of at least 4 members (excludes halogenated alkanes) is 3. The first-order valence-electron chi connectivity index (χ1n) is 8.35. The van der Waals surface area contributed by atoms with Crippen molar-refractivity contribution in [1.82, 2.24) is 0 Å². The third-order valence-corrected chi connectivity index (χ3v) is 3.84. The van der Waals surface area contributed by atoms with Crippen LogP contribution in [0.5, 0.6) is 0 Å². The van der Waals surface area contributed by atoms with E-state index in [1.165, 1.54) is 37.7 Å². The Labute approximate surface area is 129 Å². The van der Waals surface area contributed by atoms with Gasteiger partial charge in [0.2, 0.25) is 0 Å². The van der Waals surface area contributed by atoms with Crippen LogP contribution in [0.25, 0.3) is 0 Å². The van der Waals surface area contributed by atoms with Gasteiger partial charge in [0.05, 0.1) is 6.10 Å². The van der Waals surface area contributed by atoms with E-state index in [9.17, 15) is 4.79 Å². The van der Waals surface area contributed by atoms with Gasteiger partial charge in [0.1, 0.15) is 0 Å². The molecule has 118 valence electrons. The normalized spacial score (nSPS) is 12.3. The van der Waals surface area contributed by atoms with Crippen molar-refractivity contribution in [3.8, 4) is 0 Å². The molecule has 0 aliphatic rings. The number of aryl methyl sites for hydroxylation is 1. The molecule has 0 amide bonds. The number of Topliss-reactive ketones (excluding diaryl/α,β-unsaturated/α-hetero) is 1. The van der Waals surface area contributed by atoms with Crippen LogP contribution >= 0.6 is 0 Å². The maximum atomic E-state index is 11.2. The zero-order valence-corrected chi connectivity index (χ0v) is 13.9. The smallest absolute Gasteiger partial charge is 0.159 e.